The van der Waals surface area contributed by atoms with Crippen molar-refractivity contribution in [2.45, 2.75) is 32.1 Å². The van der Waals surface area contributed by atoms with E-state index in [1.165, 1.54) is 14.2 Å². The molecule has 0 aromatic heterocycles. The van der Waals surface area contributed by atoms with Crippen LogP contribution in [0, 0.1) is 13.8 Å². The number of sulfonamides is 1. The van der Waals surface area contributed by atoms with Gasteiger partial charge >= 0.3 is 0 Å². The van der Waals surface area contributed by atoms with Crippen LogP contribution in [0.2, 0.25) is 0 Å². The predicted octanol–water partition coefficient (Wildman–Crippen LogP) is 3.13. The average Bonchev–Trinajstić information content (AvgIpc) is 2.63. The van der Waals surface area contributed by atoms with Crippen LogP contribution < -0.4 is 10.1 Å². The van der Waals surface area contributed by atoms with Gasteiger partial charge in [-0.25, -0.2) is 8.42 Å². The van der Waals surface area contributed by atoms with Crippen molar-refractivity contribution in [3.63, 3.8) is 0 Å². The monoisotopic (exact) mass is 390 g/mol. The second-order valence-electron chi connectivity index (χ2n) is 6.43. The van der Waals surface area contributed by atoms with Gasteiger partial charge in [0.2, 0.25) is 15.9 Å². The average molecular weight is 391 g/mol. The lowest BCUT2D eigenvalue weighted by Crippen LogP contribution is -2.35. The number of anilines is 1. The van der Waals surface area contributed by atoms with E-state index in [-0.39, 0.29) is 17.2 Å². The third-order valence-electron chi connectivity index (χ3n) is 4.38. The number of ether oxygens (including phenoxy) is 1. The second kappa shape index (κ2) is 8.54. The summed E-state index contributed by atoms with van der Waals surface area (Å²) in [7, 11) is -1.07. The third kappa shape index (κ3) is 4.67. The summed E-state index contributed by atoms with van der Waals surface area (Å²) < 4.78 is 32.0. The summed E-state index contributed by atoms with van der Waals surface area (Å²) >= 11 is 0. The normalized spacial score (nSPS) is 11.5. The van der Waals surface area contributed by atoms with Crippen molar-refractivity contribution in [1.29, 1.82) is 0 Å². The van der Waals surface area contributed by atoms with E-state index in [0.29, 0.717) is 0 Å². The van der Waals surface area contributed by atoms with Crippen molar-refractivity contribution < 1.29 is 17.9 Å². The molecule has 0 unspecified atom stereocenters. The van der Waals surface area contributed by atoms with Gasteiger partial charge in [0.1, 0.15) is 10.6 Å². The van der Waals surface area contributed by atoms with Gasteiger partial charge in [-0.2, -0.15) is 4.31 Å². The number of nitrogens with one attached hydrogen (secondary N) is 1. The maximum atomic E-state index is 12.9. The van der Waals surface area contributed by atoms with E-state index >= 15 is 0 Å². The Morgan fingerprint density at radius 2 is 1.89 bits per heavy atom. The number of carbonyl (C=O) groups is 1. The molecule has 0 bridgehead atoms. The molecular formula is C20H26N2O4S. The number of methoxy groups -OCH3 is 1. The molecule has 6 nitrogen and oxygen atoms in total. The molecule has 0 spiro atoms. The fraction of sp³-hybridized carbons (Fsp3) is 0.350. The van der Waals surface area contributed by atoms with Gasteiger partial charge in [-0.3, -0.25) is 4.79 Å². The second-order valence-corrected chi connectivity index (χ2v) is 8.44. The van der Waals surface area contributed by atoms with Crippen molar-refractivity contribution in [2.24, 2.45) is 0 Å². The van der Waals surface area contributed by atoms with Crippen molar-refractivity contribution in [3.8, 4) is 5.75 Å². The molecule has 0 fully saturated rings. The largest absolute Gasteiger partial charge is 0.495 e. The number of carbonyl (C=O) groups excluding carboxylic acids is 1. The fourth-order valence-electron chi connectivity index (χ4n) is 2.82. The van der Waals surface area contributed by atoms with Gasteiger partial charge < -0.3 is 10.1 Å². The first kappa shape index (κ1) is 20.9. The first-order valence-corrected chi connectivity index (χ1v) is 10.1. The number of benzene rings is 2. The van der Waals surface area contributed by atoms with Crippen LogP contribution in [-0.2, 0) is 21.2 Å². The van der Waals surface area contributed by atoms with Crippen molar-refractivity contribution in [1.82, 2.24) is 4.31 Å². The molecule has 2 aromatic carbocycles. The molecule has 146 valence electrons. The van der Waals surface area contributed by atoms with Crippen LogP contribution >= 0.6 is 0 Å². The van der Waals surface area contributed by atoms with Gasteiger partial charge in [-0.15, -0.1) is 0 Å². The van der Waals surface area contributed by atoms with E-state index in [1.54, 1.807) is 25.1 Å². The quantitative estimate of drug-likeness (QED) is 0.788. The van der Waals surface area contributed by atoms with E-state index in [0.717, 1.165) is 33.1 Å². The minimum absolute atomic E-state index is 0.0467. The Bertz CT molecular complexity index is 939. The number of aryl methyl sites for hydroxylation is 3. The minimum atomic E-state index is -3.87. The third-order valence-corrected chi connectivity index (χ3v) is 6.20. The summed E-state index contributed by atoms with van der Waals surface area (Å²) in [6.45, 7) is 5.42. The zero-order valence-electron chi connectivity index (χ0n) is 16.4. The first-order chi connectivity index (χ1) is 12.7. The number of likely N-dealkylation sites (N-methyl/N-ethyl adjacent to an activating group) is 1. The lowest BCUT2D eigenvalue weighted by Gasteiger charge is -2.20. The summed E-state index contributed by atoms with van der Waals surface area (Å²) in [6.07, 6.45) is 0.770. The van der Waals surface area contributed by atoms with E-state index in [1.807, 2.05) is 32.0 Å². The van der Waals surface area contributed by atoms with Gasteiger partial charge in [0.15, 0.2) is 0 Å². The maximum absolute atomic E-state index is 12.9. The van der Waals surface area contributed by atoms with E-state index in [9.17, 15) is 13.2 Å². The Morgan fingerprint density at radius 1 is 1.19 bits per heavy atom. The zero-order chi connectivity index (χ0) is 20.2. The van der Waals surface area contributed by atoms with Crippen LogP contribution in [0.25, 0.3) is 0 Å². The Labute approximate surface area is 161 Å². The summed E-state index contributed by atoms with van der Waals surface area (Å²) in [5, 5.41) is 2.85. The lowest BCUT2D eigenvalue weighted by atomic mass is 10.1. The van der Waals surface area contributed by atoms with Crippen molar-refractivity contribution in [2.75, 3.05) is 26.0 Å². The molecule has 0 aliphatic rings. The molecule has 0 atom stereocenters. The molecule has 0 radical (unpaired) electrons. The topological polar surface area (TPSA) is 75.7 Å². The summed E-state index contributed by atoms with van der Waals surface area (Å²) in [4.78, 5) is 12.5. The van der Waals surface area contributed by atoms with Gasteiger partial charge in [-0.05, 0) is 49.1 Å². The molecule has 0 aliphatic heterocycles. The molecule has 0 saturated heterocycles. The van der Waals surface area contributed by atoms with Crippen LogP contribution in [0.1, 0.15) is 23.6 Å². The molecule has 2 rings (SSSR count). The number of para-hydroxylation sites is 1. The molecule has 1 N–H and O–H groups in total. The molecule has 0 heterocycles. The van der Waals surface area contributed by atoms with Crippen LogP contribution in [0.4, 0.5) is 5.69 Å². The van der Waals surface area contributed by atoms with Crippen LogP contribution in [-0.4, -0.2) is 39.3 Å². The van der Waals surface area contributed by atoms with Crippen LogP contribution in [0.15, 0.2) is 41.3 Å². The van der Waals surface area contributed by atoms with E-state index in [2.05, 4.69) is 5.32 Å². The fourth-order valence-corrected chi connectivity index (χ4v) is 4.19. The highest BCUT2D eigenvalue weighted by Crippen LogP contribution is 2.27. The lowest BCUT2D eigenvalue weighted by molar-refractivity contribution is -0.116. The number of nitrogens with zero attached hydrogens (tertiary/aromatic N) is 1. The van der Waals surface area contributed by atoms with E-state index < -0.39 is 15.9 Å². The Morgan fingerprint density at radius 3 is 2.52 bits per heavy atom. The van der Waals surface area contributed by atoms with Crippen LogP contribution in [0.3, 0.4) is 0 Å². The summed E-state index contributed by atoms with van der Waals surface area (Å²) in [6, 6.07) is 10.7. The highest BCUT2D eigenvalue weighted by Gasteiger charge is 2.27. The Hall–Kier alpha value is -2.38. The maximum Gasteiger partial charge on any atom is 0.246 e. The van der Waals surface area contributed by atoms with Gasteiger partial charge in [0.25, 0.3) is 0 Å². The van der Waals surface area contributed by atoms with Gasteiger partial charge in [-0.1, -0.05) is 31.2 Å². The zero-order valence-corrected chi connectivity index (χ0v) is 17.2. The van der Waals surface area contributed by atoms with Crippen LogP contribution in [0.5, 0.6) is 5.75 Å². The molecule has 0 saturated carbocycles. The molecule has 1 amide bonds. The molecule has 7 heteroatoms. The first-order valence-electron chi connectivity index (χ1n) is 8.70. The molecule has 27 heavy (non-hydrogen) atoms. The molecule has 2 aromatic rings. The number of hydrogen-bond acceptors (Lipinski definition) is 4. The predicted molar refractivity (Wildman–Crippen MR) is 107 cm³/mol. The molecule has 0 aliphatic carbocycles. The number of hydrogen-bond donors (Lipinski definition) is 1. The summed E-state index contributed by atoms with van der Waals surface area (Å²) in [5.74, 6) is -0.142. The SMILES string of the molecule is CCc1cccc(C)c1NC(=O)CN(C)S(=O)(=O)c1cc(C)ccc1OC. The van der Waals surface area contributed by atoms with Crippen molar-refractivity contribution >= 4 is 21.6 Å². The Kier molecular flexibility index (Phi) is 6.62. The van der Waals surface area contributed by atoms with Gasteiger partial charge in [0.05, 0.1) is 13.7 Å². The smallest absolute Gasteiger partial charge is 0.246 e. The summed E-state index contributed by atoms with van der Waals surface area (Å²) in [5.41, 5.74) is 3.48. The van der Waals surface area contributed by atoms with Gasteiger partial charge in [0, 0.05) is 12.7 Å². The van der Waals surface area contributed by atoms with E-state index in [4.69, 9.17) is 4.74 Å². The highest BCUT2D eigenvalue weighted by molar-refractivity contribution is 7.89. The minimum Gasteiger partial charge on any atom is -0.495 e. The standard InChI is InChI=1S/C20H26N2O4S/c1-6-16-9-7-8-15(3)20(16)21-19(23)13-22(4)27(24,25)18-12-14(2)10-11-17(18)26-5/h7-12H,6,13H2,1-5H3,(H,21,23). The molecular weight excluding hydrogens is 364 g/mol. The van der Waals surface area contributed by atoms with Crippen molar-refractivity contribution in [3.05, 3.63) is 53.1 Å². The Balaban J connectivity index is 2.23. The number of rotatable bonds is 7. The number of amides is 1. The highest BCUT2D eigenvalue weighted by atomic mass is 32.2.